The zero-order valence-electron chi connectivity index (χ0n) is 10.5. The molecule has 2 aromatic heterocycles. The molecule has 0 aliphatic heterocycles. The first-order valence-corrected chi connectivity index (χ1v) is 6.50. The average Bonchev–Trinajstić information content (AvgIpc) is 2.88. The van der Waals surface area contributed by atoms with Crippen molar-refractivity contribution in [3.8, 4) is 6.07 Å². The maximum absolute atomic E-state index is 8.80. The molecule has 3 aromatic rings. The molecule has 0 saturated carbocycles. The first-order valence-electron chi connectivity index (χ1n) is 6.12. The maximum atomic E-state index is 8.80. The highest BCUT2D eigenvalue weighted by atomic mass is 35.5. The van der Waals surface area contributed by atoms with Gasteiger partial charge in [-0.25, -0.2) is 4.98 Å². The molecule has 1 aromatic carbocycles. The van der Waals surface area contributed by atoms with Crippen LogP contribution in [0.1, 0.15) is 11.3 Å². The molecule has 5 heteroatoms. The molecule has 98 valence electrons. The van der Waals surface area contributed by atoms with E-state index in [2.05, 4.69) is 16.4 Å². The molecule has 0 atom stereocenters. The van der Waals surface area contributed by atoms with E-state index in [0.29, 0.717) is 17.1 Å². The summed E-state index contributed by atoms with van der Waals surface area (Å²) in [6.07, 6.45) is 3.93. The van der Waals surface area contributed by atoms with Crippen molar-refractivity contribution in [2.45, 2.75) is 6.54 Å². The normalized spacial score (nSPS) is 10.4. The lowest BCUT2D eigenvalue weighted by molar-refractivity contribution is 1.08. The van der Waals surface area contributed by atoms with Gasteiger partial charge in [0.05, 0.1) is 34.6 Å². The summed E-state index contributed by atoms with van der Waals surface area (Å²) in [6.45, 7) is 0.577. The van der Waals surface area contributed by atoms with Gasteiger partial charge in [-0.3, -0.25) is 0 Å². The van der Waals surface area contributed by atoms with Crippen LogP contribution >= 0.6 is 11.6 Å². The van der Waals surface area contributed by atoms with Crippen LogP contribution < -0.4 is 5.32 Å². The molecule has 0 unspecified atom stereocenters. The van der Waals surface area contributed by atoms with Gasteiger partial charge in [-0.05, 0) is 30.3 Å². The summed E-state index contributed by atoms with van der Waals surface area (Å²) in [5.74, 6) is 0. The number of nitrogens with zero attached hydrogens (tertiary/aromatic N) is 3. The number of nitrogens with one attached hydrogen (secondary N) is 1. The van der Waals surface area contributed by atoms with Gasteiger partial charge >= 0.3 is 0 Å². The van der Waals surface area contributed by atoms with Crippen LogP contribution in [-0.2, 0) is 6.54 Å². The first kappa shape index (κ1) is 12.5. The molecule has 0 bridgehead atoms. The van der Waals surface area contributed by atoms with Gasteiger partial charge in [0, 0.05) is 12.4 Å². The summed E-state index contributed by atoms with van der Waals surface area (Å²) in [4.78, 5) is 4.50. The lowest BCUT2D eigenvalue weighted by atomic mass is 10.2. The summed E-state index contributed by atoms with van der Waals surface area (Å²) in [5, 5.41) is 12.6. The number of nitriles is 1. The predicted molar refractivity (Wildman–Crippen MR) is 78.7 cm³/mol. The number of halogens is 1. The van der Waals surface area contributed by atoms with E-state index in [-0.39, 0.29) is 0 Å². The van der Waals surface area contributed by atoms with Gasteiger partial charge in [0.25, 0.3) is 0 Å². The van der Waals surface area contributed by atoms with Gasteiger partial charge in [0.15, 0.2) is 0 Å². The van der Waals surface area contributed by atoms with E-state index in [0.717, 1.165) is 17.0 Å². The van der Waals surface area contributed by atoms with Crippen LogP contribution in [0.3, 0.4) is 0 Å². The Labute approximate surface area is 121 Å². The highest BCUT2D eigenvalue weighted by Gasteiger charge is 2.04. The number of hydrogen-bond donors (Lipinski definition) is 1. The summed E-state index contributed by atoms with van der Waals surface area (Å²) in [7, 11) is 0. The van der Waals surface area contributed by atoms with Crippen LogP contribution in [0, 0.1) is 11.3 Å². The standard InChI is InChI=1S/C15H11ClN4/c16-13-7-11(8-17)4-5-14(13)18-9-12-10-20-6-2-1-3-15(20)19-12/h1-7,10,18H,9H2. The van der Waals surface area contributed by atoms with Crippen molar-refractivity contribution in [2.24, 2.45) is 0 Å². The van der Waals surface area contributed by atoms with E-state index in [1.54, 1.807) is 18.2 Å². The fourth-order valence-corrected chi connectivity index (χ4v) is 2.23. The largest absolute Gasteiger partial charge is 0.378 e. The molecule has 0 saturated heterocycles. The fraction of sp³-hybridized carbons (Fsp3) is 0.0667. The maximum Gasteiger partial charge on any atom is 0.137 e. The number of hydrogen-bond acceptors (Lipinski definition) is 3. The van der Waals surface area contributed by atoms with E-state index in [1.807, 2.05) is 35.0 Å². The van der Waals surface area contributed by atoms with Crippen LogP contribution in [0.2, 0.25) is 5.02 Å². The molecular formula is C15H11ClN4. The lowest BCUT2D eigenvalue weighted by Gasteiger charge is -2.06. The van der Waals surface area contributed by atoms with E-state index < -0.39 is 0 Å². The van der Waals surface area contributed by atoms with Gasteiger partial charge in [0.2, 0.25) is 0 Å². The second-order valence-corrected chi connectivity index (χ2v) is 4.77. The second-order valence-electron chi connectivity index (χ2n) is 4.36. The molecule has 0 aliphatic carbocycles. The third-order valence-corrected chi connectivity index (χ3v) is 3.28. The molecule has 1 N–H and O–H groups in total. The second kappa shape index (κ2) is 5.24. The molecular weight excluding hydrogens is 272 g/mol. The zero-order valence-corrected chi connectivity index (χ0v) is 11.3. The highest BCUT2D eigenvalue weighted by molar-refractivity contribution is 6.33. The molecule has 0 fully saturated rings. The third-order valence-electron chi connectivity index (χ3n) is 2.97. The third kappa shape index (κ3) is 2.44. The predicted octanol–water partition coefficient (Wildman–Crippen LogP) is 3.47. The van der Waals surface area contributed by atoms with Crippen LogP contribution in [0.15, 0.2) is 48.8 Å². The van der Waals surface area contributed by atoms with E-state index in [1.165, 1.54) is 0 Å². The SMILES string of the molecule is N#Cc1ccc(NCc2cn3ccccc3n2)c(Cl)c1. The minimum absolute atomic E-state index is 0.535. The Morgan fingerprint density at radius 3 is 2.95 bits per heavy atom. The van der Waals surface area contributed by atoms with E-state index in [9.17, 15) is 0 Å². The van der Waals surface area contributed by atoms with Crippen molar-refractivity contribution < 1.29 is 0 Å². The van der Waals surface area contributed by atoms with Crippen molar-refractivity contribution in [3.05, 3.63) is 65.1 Å². The van der Waals surface area contributed by atoms with E-state index in [4.69, 9.17) is 16.9 Å². The number of benzene rings is 1. The average molecular weight is 283 g/mol. The summed E-state index contributed by atoms with van der Waals surface area (Å²) < 4.78 is 1.97. The smallest absolute Gasteiger partial charge is 0.137 e. The van der Waals surface area contributed by atoms with E-state index >= 15 is 0 Å². The van der Waals surface area contributed by atoms with Crippen molar-refractivity contribution in [1.29, 1.82) is 5.26 Å². The van der Waals surface area contributed by atoms with Crippen molar-refractivity contribution in [2.75, 3.05) is 5.32 Å². The van der Waals surface area contributed by atoms with Gasteiger partial charge in [-0.15, -0.1) is 0 Å². The number of anilines is 1. The molecule has 0 amide bonds. The highest BCUT2D eigenvalue weighted by Crippen LogP contribution is 2.23. The number of rotatable bonds is 3. The fourth-order valence-electron chi connectivity index (χ4n) is 1.99. The Bertz CT molecular complexity index is 768. The number of pyridine rings is 1. The summed E-state index contributed by atoms with van der Waals surface area (Å²) >= 11 is 6.11. The van der Waals surface area contributed by atoms with Gasteiger partial charge in [-0.2, -0.15) is 5.26 Å². The molecule has 0 radical (unpaired) electrons. The molecule has 2 heterocycles. The Hall–Kier alpha value is -2.51. The quantitative estimate of drug-likeness (QED) is 0.800. The number of fused-ring (bicyclic) bond motifs is 1. The number of aromatic nitrogens is 2. The van der Waals surface area contributed by atoms with Gasteiger partial charge < -0.3 is 9.72 Å². The van der Waals surface area contributed by atoms with Gasteiger partial charge in [0.1, 0.15) is 5.65 Å². The van der Waals surface area contributed by atoms with Crippen molar-refractivity contribution in [3.63, 3.8) is 0 Å². The Kier molecular flexibility index (Phi) is 3.28. The molecule has 0 spiro atoms. The van der Waals surface area contributed by atoms with Crippen LogP contribution in [-0.4, -0.2) is 9.38 Å². The molecule has 20 heavy (non-hydrogen) atoms. The minimum atomic E-state index is 0.535. The Morgan fingerprint density at radius 2 is 2.20 bits per heavy atom. The van der Waals surface area contributed by atoms with Crippen molar-refractivity contribution >= 4 is 22.9 Å². The van der Waals surface area contributed by atoms with Crippen LogP contribution in [0.5, 0.6) is 0 Å². The lowest BCUT2D eigenvalue weighted by Crippen LogP contribution is -2.00. The summed E-state index contributed by atoms with van der Waals surface area (Å²) in [5.41, 5.74) is 3.18. The summed E-state index contributed by atoms with van der Waals surface area (Å²) in [6, 6.07) is 13.1. The molecule has 4 nitrogen and oxygen atoms in total. The van der Waals surface area contributed by atoms with Crippen LogP contribution in [0.25, 0.3) is 5.65 Å². The number of imidazole rings is 1. The first-order chi connectivity index (χ1) is 9.76. The Morgan fingerprint density at radius 1 is 1.30 bits per heavy atom. The molecule has 0 aliphatic rings. The van der Waals surface area contributed by atoms with Crippen LogP contribution in [0.4, 0.5) is 5.69 Å². The topological polar surface area (TPSA) is 53.1 Å². The zero-order chi connectivity index (χ0) is 13.9. The monoisotopic (exact) mass is 282 g/mol. The Balaban J connectivity index is 1.77. The van der Waals surface area contributed by atoms with Gasteiger partial charge in [-0.1, -0.05) is 17.7 Å². The molecule has 3 rings (SSSR count). The van der Waals surface area contributed by atoms with Crippen molar-refractivity contribution in [1.82, 2.24) is 9.38 Å². The minimum Gasteiger partial charge on any atom is -0.378 e.